The molecule has 4 aromatic heterocycles. The summed E-state index contributed by atoms with van der Waals surface area (Å²) in [5.74, 6) is 0.615. The van der Waals surface area contributed by atoms with Gasteiger partial charge in [0.05, 0.1) is 44.5 Å². The van der Waals surface area contributed by atoms with Crippen molar-refractivity contribution in [2.75, 3.05) is 0 Å². The normalized spacial score (nSPS) is 11.7. The van der Waals surface area contributed by atoms with E-state index < -0.39 is 0 Å². The number of aromatic nitrogens is 5. The molecule has 0 aliphatic carbocycles. The number of nitrogens with zero attached hydrogens (tertiary/aromatic N) is 5. The van der Waals surface area contributed by atoms with Gasteiger partial charge < -0.3 is 9.13 Å². The number of hydrogen-bond donors (Lipinski definition) is 0. The predicted octanol–water partition coefficient (Wildman–Crippen LogP) is 18.1. The zero-order valence-electron chi connectivity index (χ0n) is 40.7. The van der Waals surface area contributed by atoms with Crippen LogP contribution in [0.25, 0.3) is 139 Å². The first kappa shape index (κ1) is 42.6. The van der Waals surface area contributed by atoms with Crippen LogP contribution in [0.1, 0.15) is 0 Å². The van der Waals surface area contributed by atoms with E-state index in [9.17, 15) is 0 Å². The maximum absolute atomic E-state index is 5.46. The van der Waals surface area contributed by atoms with E-state index >= 15 is 0 Å². The Bertz CT molecular complexity index is 4450. The summed E-state index contributed by atoms with van der Waals surface area (Å²) in [5, 5.41) is 7.14. The Morgan fingerprint density at radius 3 is 0.933 bits per heavy atom. The number of para-hydroxylation sites is 4. The summed E-state index contributed by atoms with van der Waals surface area (Å²) >= 11 is 0. The van der Waals surface area contributed by atoms with Gasteiger partial charge in [-0.1, -0.05) is 182 Å². The molecule has 0 fully saturated rings. The summed E-state index contributed by atoms with van der Waals surface area (Å²) in [7, 11) is 0. The van der Waals surface area contributed by atoms with Gasteiger partial charge in [-0.25, -0.2) is 9.97 Å². The molecule has 0 saturated carbocycles. The van der Waals surface area contributed by atoms with Crippen LogP contribution in [0.2, 0.25) is 0 Å². The molecule has 0 atom stereocenters. The molecule has 0 N–H and O–H groups in total. The first-order valence-corrected chi connectivity index (χ1v) is 25.6. The van der Waals surface area contributed by atoms with Gasteiger partial charge in [-0.05, 0) is 124 Å². The highest BCUT2D eigenvalue weighted by Crippen LogP contribution is 2.41. The zero-order valence-corrected chi connectivity index (χ0v) is 40.7. The highest BCUT2D eigenvalue weighted by molar-refractivity contribution is 6.14. The minimum Gasteiger partial charge on any atom is -0.309 e. The topological polar surface area (TPSA) is 40.6 Å². The molecule has 5 heteroatoms. The molecule has 0 aliphatic heterocycles. The van der Waals surface area contributed by atoms with Gasteiger partial charge in [0.2, 0.25) is 5.95 Å². The van der Waals surface area contributed by atoms with Crippen LogP contribution in [0.5, 0.6) is 0 Å². The van der Waals surface area contributed by atoms with Crippen LogP contribution in [-0.2, 0) is 0 Å². The van der Waals surface area contributed by atoms with Crippen molar-refractivity contribution in [1.82, 2.24) is 23.7 Å². The lowest BCUT2D eigenvalue weighted by Crippen LogP contribution is -2.04. The fourth-order valence-electron chi connectivity index (χ4n) is 11.5. The van der Waals surface area contributed by atoms with Crippen molar-refractivity contribution in [3.8, 4) is 73.2 Å². The Morgan fingerprint density at radius 2 is 0.493 bits per heavy atom. The Kier molecular flexibility index (Phi) is 9.82. The molecular weight excluding hydrogens is 911 g/mol. The molecule has 15 aromatic rings. The van der Waals surface area contributed by atoms with Crippen LogP contribution in [0.15, 0.2) is 273 Å². The van der Waals surface area contributed by atoms with Crippen LogP contribution in [0.4, 0.5) is 0 Å². The quantitative estimate of drug-likeness (QED) is 0.152. The van der Waals surface area contributed by atoms with Crippen molar-refractivity contribution in [2.24, 2.45) is 0 Å². The van der Waals surface area contributed by atoms with Crippen molar-refractivity contribution in [1.29, 1.82) is 0 Å². The second-order valence-corrected chi connectivity index (χ2v) is 19.4. The molecule has 15 rings (SSSR count). The highest BCUT2D eigenvalue weighted by Gasteiger charge is 2.21. The first-order chi connectivity index (χ1) is 37.2. The summed E-state index contributed by atoms with van der Waals surface area (Å²) in [5.41, 5.74) is 19.8. The van der Waals surface area contributed by atoms with E-state index in [1.807, 2.05) is 0 Å². The number of hydrogen-bond acceptors (Lipinski definition) is 2. The molecule has 4 heterocycles. The second-order valence-electron chi connectivity index (χ2n) is 19.4. The SMILES string of the molecule is c1ccc(-c2ccc(-c3cc(-c4ccccc4)nc(-n4c5ccc(-c6ccc7c(c6)c6ccccc6n7-c6ccccc6)cc5c5cc(-c6ccc7c(c6)c6ccccc6n7-c6ccccc6)ccc54)n3)cc2)cc1. The summed E-state index contributed by atoms with van der Waals surface area (Å²) < 4.78 is 7.01. The van der Waals surface area contributed by atoms with Crippen molar-refractivity contribution >= 4 is 65.4 Å². The molecule has 0 aliphatic rings. The standard InChI is InChI=1S/C70H45N5/c1-5-17-46(18-6-1)47-29-31-49(32-30-47)63-45-62(48-19-7-2-8-20-48)71-70(72-63)75-68-39-35-52(50-33-37-66-58(41-50)56-25-13-15-27-64(56)73(66)54-21-9-3-10-22-54)43-60(68)61-44-53(36-40-69(61)75)51-34-38-67-59(42-51)57-26-14-16-28-65(57)74(67)55-23-11-4-12-24-55/h1-45H. The average Bonchev–Trinajstić information content (AvgIpc) is 4.13. The molecular formula is C70H45N5. The van der Waals surface area contributed by atoms with Gasteiger partial charge in [0.1, 0.15) is 0 Å². The fourth-order valence-corrected chi connectivity index (χ4v) is 11.5. The molecule has 350 valence electrons. The van der Waals surface area contributed by atoms with E-state index in [0.29, 0.717) is 5.95 Å². The minimum absolute atomic E-state index is 0.615. The molecule has 0 amide bonds. The van der Waals surface area contributed by atoms with E-state index in [-0.39, 0.29) is 0 Å². The van der Waals surface area contributed by atoms with Crippen molar-refractivity contribution < 1.29 is 0 Å². The summed E-state index contributed by atoms with van der Waals surface area (Å²) in [6.07, 6.45) is 0. The van der Waals surface area contributed by atoms with Gasteiger partial charge >= 0.3 is 0 Å². The van der Waals surface area contributed by atoms with Crippen LogP contribution in [0, 0.1) is 0 Å². The van der Waals surface area contributed by atoms with Crippen LogP contribution >= 0.6 is 0 Å². The predicted molar refractivity (Wildman–Crippen MR) is 312 cm³/mol. The van der Waals surface area contributed by atoms with Crippen LogP contribution < -0.4 is 0 Å². The summed E-state index contributed by atoms with van der Waals surface area (Å²) in [6.45, 7) is 0. The Labute approximate surface area is 433 Å². The molecule has 0 spiro atoms. The lowest BCUT2D eigenvalue weighted by Gasteiger charge is -2.12. The lowest BCUT2D eigenvalue weighted by molar-refractivity contribution is 0.996. The third-order valence-electron chi connectivity index (χ3n) is 15.1. The van der Waals surface area contributed by atoms with Gasteiger partial charge in [0, 0.05) is 54.8 Å². The van der Waals surface area contributed by atoms with E-state index in [2.05, 4.69) is 287 Å². The second kappa shape index (κ2) is 17.3. The Morgan fingerprint density at radius 1 is 0.200 bits per heavy atom. The van der Waals surface area contributed by atoms with Gasteiger partial charge in [0.25, 0.3) is 0 Å². The van der Waals surface area contributed by atoms with Crippen LogP contribution in [0.3, 0.4) is 0 Å². The molecule has 0 bridgehead atoms. The Balaban J connectivity index is 0.942. The minimum atomic E-state index is 0.615. The maximum Gasteiger partial charge on any atom is 0.235 e. The average molecular weight is 956 g/mol. The van der Waals surface area contributed by atoms with Crippen LogP contribution in [-0.4, -0.2) is 23.7 Å². The summed E-state index contributed by atoms with van der Waals surface area (Å²) in [6, 6.07) is 98.2. The smallest absolute Gasteiger partial charge is 0.235 e. The largest absolute Gasteiger partial charge is 0.309 e. The van der Waals surface area contributed by atoms with Crippen molar-refractivity contribution in [3.05, 3.63) is 273 Å². The van der Waals surface area contributed by atoms with Gasteiger partial charge in [-0.3, -0.25) is 4.57 Å². The van der Waals surface area contributed by atoms with E-state index in [1.165, 1.54) is 49.2 Å². The zero-order chi connectivity index (χ0) is 49.4. The molecule has 5 nitrogen and oxygen atoms in total. The van der Waals surface area contributed by atoms with Crippen molar-refractivity contribution in [3.63, 3.8) is 0 Å². The van der Waals surface area contributed by atoms with E-state index in [4.69, 9.17) is 9.97 Å². The monoisotopic (exact) mass is 955 g/mol. The lowest BCUT2D eigenvalue weighted by atomic mass is 9.98. The van der Waals surface area contributed by atoms with E-state index in [1.54, 1.807) is 0 Å². The highest BCUT2D eigenvalue weighted by atomic mass is 15.2. The third-order valence-corrected chi connectivity index (χ3v) is 15.1. The molecule has 75 heavy (non-hydrogen) atoms. The van der Waals surface area contributed by atoms with Gasteiger partial charge in [-0.2, -0.15) is 0 Å². The van der Waals surface area contributed by atoms with E-state index in [0.717, 1.165) is 83.5 Å². The third kappa shape index (κ3) is 7.08. The number of fused-ring (bicyclic) bond motifs is 9. The maximum atomic E-state index is 5.46. The first-order valence-electron chi connectivity index (χ1n) is 25.6. The summed E-state index contributed by atoms with van der Waals surface area (Å²) in [4.78, 5) is 10.9. The number of rotatable bonds is 8. The van der Waals surface area contributed by atoms with Gasteiger partial charge in [-0.15, -0.1) is 0 Å². The van der Waals surface area contributed by atoms with Gasteiger partial charge in [0.15, 0.2) is 0 Å². The molecule has 0 saturated heterocycles. The molecule has 0 radical (unpaired) electrons. The van der Waals surface area contributed by atoms with Crippen molar-refractivity contribution in [2.45, 2.75) is 0 Å². The molecule has 0 unspecified atom stereocenters. The molecule has 11 aromatic carbocycles. The fraction of sp³-hybridized carbons (Fsp3) is 0. The Hall–Kier alpha value is -10.1. The number of benzene rings is 11.